The Morgan fingerprint density at radius 1 is 1.47 bits per heavy atom. The average Bonchev–Trinajstić information content (AvgIpc) is 2.89. The first-order valence-electron chi connectivity index (χ1n) is 4.92. The lowest BCUT2D eigenvalue weighted by Gasteiger charge is -2.06. The highest BCUT2D eigenvalue weighted by atomic mass is 32.2. The summed E-state index contributed by atoms with van der Waals surface area (Å²) in [7, 11) is 0. The molecule has 0 unspecified atom stereocenters. The standard InChI is InChI=1S/C11H11N3OS2/c12-14-10(15)9-4-2-1-3-8(9)7-17-11-13-5-6-16-11/h1-6H,7,12H2,(H,14,15). The van der Waals surface area contributed by atoms with Gasteiger partial charge in [0.05, 0.1) is 0 Å². The molecule has 1 amide bonds. The van der Waals surface area contributed by atoms with Gasteiger partial charge in [-0.25, -0.2) is 10.8 Å². The number of nitrogens with one attached hydrogen (secondary N) is 1. The van der Waals surface area contributed by atoms with E-state index >= 15 is 0 Å². The molecule has 0 aliphatic rings. The number of nitrogens with zero attached hydrogens (tertiary/aromatic N) is 1. The first-order chi connectivity index (χ1) is 8.31. The number of thiazole rings is 1. The maximum absolute atomic E-state index is 11.5. The van der Waals surface area contributed by atoms with Gasteiger partial charge in [0.15, 0.2) is 0 Å². The molecule has 2 rings (SSSR count). The predicted molar refractivity (Wildman–Crippen MR) is 69.8 cm³/mol. The molecule has 0 radical (unpaired) electrons. The Morgan fingerprint density at radius 2 is 2.29 bits per heavy atom. The summed E-state index contributed by atoms with van der Waals surface area (Å²) in [6.07, 6.45) is 1.77. The Morgan fingerprint density at radius 3 is 3.00 bits per heavy atom. The average molecular weight is 265 g/mol. The van der Waals surface area contributed by atoms with Crippen LogP contribution < -0.4 is 11.3 Å². The van der Waals surface area contributed by atoms with Gasteiger partial charge < -0.3 is 0 Å². The van der Waals surface area contributed by atoms with Crippen molar-refractivity contribution in [3.63, 3.8) is 0 Å². The van der Waals surface area contributed by atoms with Crippen LogP contribution in [0.2, 0.25) is 0 Å². The van der Waals surface area contributed by atoms with E-state index in [0.29, 0.717) is 11.3 Å². The third-order valence-corrected chi connectivity index (χ3v) is 4.17. The van der Waals surface area contributed by atoms with E-state index in [4.69, 9.17) is 5.84 Å². The third kappa shape index (κ3) is 3.06. The van der Waals surface area contributed by atoms with Crippen LogP contribution in [0.25, 0.3) is 0 Å². The maximum atomic E-state index is 11.5. The Labute approximate surface area is 107 Å². The van der Waals surface area contributed by atoms with Gasteiger partial charge in [0.2, 0.25) is 0 Å². The maximum Gasteiger partial charge on any atom is 0.265 e. The van der Waals surface area contributed by atoms with Crippen LogP contribution in [0.5, 0.6) is 0 Å². The number of benzene rings is 1. The van der Waals surface area contributed by atoms with E-state index < -0.39 is 0 Å². The van der Waals surface area contributed by atoms with Crippen molar-refractivity contribution in [2.75, 3.05) is 0 Å². The first-order valence-corrected chi connectivity index (χ1v) is 6.79. The number of aromatic nitrogens is 1. The molecule has 0 spiro atoms. The molecule has 1 heterocycles. The summed E-state index contributed by atoms with van der Waals surface area (Å²) in [6.45, 7) is 0. The number of carbonyl (C=O) groups is 1. The summed E-state index contributed by atoms with van der Waals surface area (Å²) in [5.74, 6) is 5.59. The molecule has 0 bridgehead atoms. The highest BCUT2D eigenvalue weighted by Gasteiger charge is 2.09. The van der Waals surface area contributed by atoms with Crippen LogP contribution in [-0.4, -0.2) is 10.9 Å². The van der Waals surface area contributed by atoms with E-state index in [1.165, 1.54) is 0 Å². The summed E-state index contributed by atoms with van der Waals surface area (Å²) in [5.41, 5.74) is 3.72. The summed E-state index contributed by atoms with van der Waals surface area (Å²) < 4.78 is 0.993. The first kappa shape index (κ1) is 12.1. The number of carbonyl (C=O) groups excluding carboxylic acids is 1. The van der Waals surface area contributed by atoms with Crippen molar-refractivity contribution < 1.29 is 4.79 Å². The van der Waals surface area contributed by atoms with Gasteiger partial charge in [-0.1, -0.05) is 30.0 Å². The van der Waals surface area contributed by atoms with Gasteiger partial charge in [-0.05, 0) is 11.6 Å². The van der Waals surface area contributed by atoms with Crippen molar-refractivity contribution in [1.82, 2.24) is 10.4 Å². The number of rotatable bonds is 4. The van der Waals surface area contributed by atoms with E-state index in [0.717, 1.165) is 9.90 Å². The Kier molecular flexibility index (Phi) is 4.13. The van der Waals surface area contributed by atoms with Gasteiger partial charge in [0.25, 0.3) is 5.91 Å². The van der Waals surface area contributed by atoms with Crippen molar-refractivity contribution in [2.24, 2.45) is 5.84 Å². The molecule has 0 aliphatic heterocycles. The van der Waals surface area contributed by atoms with Gasteiger partial charge in [0, 0.05) is 22.9 Å². The Bertz CT molecular complexity index is 499. The highest BCUT2D eigenvalue weighted by Crippen LogP contribution is 2.25. The second-order valence-electron chi connectivity index (χ2n) is 3.22. The lowest BCUT2D eigenvalue weighted by atomic mass is 10.1. The molecular weight excluding hydrogens is 254 g/mol. The molecule has 88 valence electrons. The van der Waals surface area contributed by atoms with Gasteiger partial charge in [0.1, 0.15) is 4.34 Å². The Balaban J connectivity index is 2.12. The number of hydrazine groups is 1. The molecular formula is C11H11N3OS2. The van der Waals surface area contributed by atoms with Gasteiger partial charge in [-0.15, -0.1) is 11.3 Å². The van der Waals surface area contributed by atoms with E-state index in [1.54, 1.807) is 35.4 Å². The van der Waals surface area contributed by atoms with Crippen LogP contribution in [0.15, 0.2) is 40.2 Å². The lowest BCUT2D eigenvalue weighted by Crippen LogP contribution is -2.30. The fourth-order valence-electron chi connectivity index (χ4n) is 1.37. The van der Waals surface area contributed by atoms with Crippen molar-refractivity contribution in [3.05, 3.63) is 47.0 Å². The summed E-state index contributed by atoms with van der Waals surface area (Å²) >= 11 is 3.20. The molecule has 4 nitrogen and oxygen atoms in total. The van der Waals surface area contributed by atoms with Crippen LogP contribution in [0.3, 0.4) is 0 Å². The second-order valence-corrected chi connectivity index (χ2v) is 5.33. The zero-order valence-electron chi connectivity index (χ0n) is 8.92. The molecule has 1 aromatic heterocycles. The van der Waals surface area contributed by atoms with Crippen molar-refractivity contribution in [1.29, 1.82) is 0 Å². The molecule has 2 aromatic rings. The summed E-state index contributed by atoms with van der Waals surface area (Å²) in [6, 6.07) is 7.41. The largest absolute Gasteiger partial charge is 0.290 e. The van der Waals surface area contributed by atoms with E-state index in [-0.39, 0.29) is 5.91 Å². The second kappa shape index (κ2) is 5.81. The summed E-state index contributed by atoms with van der Waals surface area (Å²) in [5, 5.41) is 1.93. The van der Waals surface area contributed by atoms with Crippen LogP contribution >= 0.6 is 23.1 Å². The van der Waals surface area contributed by atoms with Crippen LogP contribution in [-0.2, 0) is 5.75 Å². The van der Waals surface area contributed by atoms with E-state index in [9.17, 15) is 4.79 Å². The van der Waals surface area contributed by atoms with Crippen LogP contribution in [0.1, 0.15) is 15.9 Å². The number of nitrogens with two attached hydrogens (primary N) is 1. The molecule has 0 saturated heterocycles. The number of thioether (sulfide) groups is 1. The zero-order chi connectivity index (χ0) is 12.1. The van der Waals surface area contributed by atoms with Crippen LogP contribution in [0, 0.1) is 0 Å². The highest BCUT2D eigenvalue weighted by molar-refractivity contribution is 8.00. The lowest BCUT2D eigenvalue weighted by molar-refractivity contribution is 0.0953. The smallest absolute Gasteiger partial charge is 0.265 e. The molecule has 1 aromatic carbocycles. The fraction of sp³-hybridized carbons (Fsp3) is 0.0909. The minimum Gasteiger partial charge on any atom is -0.290 e. The zero-order valence-corrected chi connectivity index (χ0v) is 10.6. The topological polar surface area (TPSA) is 68.0 Å². The van der Waals surface area contributed by atoms with Gasteiger partial charge in [-0.3, -0.25) is 10.2 Å². The number of nitrogen functional groups attached to an aromatic ring is 1. The van der Waals surface area contributed by atoms with Gasteiger partial charge in [-0.2, -0.15) is 0 Å². The SMILES string of the molecule is NNC(=O)c1ccccc1CSc1nccs1. The molecule has 0 saturated carbocycles. The number of amides is 1. The van der Waals surface area contributed by atoms with E-state index in [1.807, 2.05) is 23.6 Å². The summed E-state index contributed by atoms with van der Waals surface area (Å²) in [4.78, 5) is 15.7. The van der Waals surface area contributed by atoms with Crippen molar-refractivity contribution in [3.8, 4) is 0 Å². The minimum atomic E-state index is -0.264. The predicted octanol–water partition coefficient (Wildman–Crippen LogP) is 2.04. The third-order valence-electron chi connectivity index (χ3n) is 2.15. The molecule has 3 N–H and O–H groups in total. The normalized spacial score (nSPS) is 10.2. The van der Waals surface area contributed by atoms with Crippen LogP contribution in [0.4, 0.5) is 0 Å². The minimum absolute atomic E-state index is 0.264. The number of hydrogen-bond donors (Lipinski definition) is 2. The van der Waals surface area contributed by atoms with Crippen molar-refractivity contribution in [2.45, 2.75) is 10.1 Å². The fourth-order valence-corrected chi connectivity index (χ4v) is 3.01. The molecule has 17 heavy (non-hydrogen) atoms. The monoisotopic (exact) mass is 265 g/mol. The van der Waals surface area contributed by atoms with Gasteiger partial charge >= 0.3 is 0 Å². The van der Waals surface area contributed by atoms with E-state index in [2.05, 4.69) is 10.4 Å². The molecule has 0 fully saturated rings. The molecule has 6 heteroatoms. The molecule has 0 atom stereocenters. The number of hydrogen-bond acceptors (Lipinski definition) is 5. The Hall–Kier alpha value is -1.37. The molecule has 0 aliphatic carbocycles. The van der Waals surface area contributed by atoms with Crippen molar-refractivity contribution >= 4 is 29.0 Å². The quantitative estimate of drug-likeness (QED) is 0.384.